The summed E-state index contributed by atoms with van der Waals surface area (Å²) in [5, 5.41) is 10.8. The van der Waals surface area contributed by atoms with Crippen molar-refractivity contribution in [3.63, 3.8) is 0 Å². The molecule has 6 atom stereocenters. The number of aliphatic hydroxyl groups excluding tert-OH is 1. The summed E-state index contributed by atoms with van der Waals surface area (Å²) in [6.45, 7) is 11.1. The van der Waals surface area contributed by atoms with Crippen LogP contribution in [-0.2, 0) is 23.8 Å². The third-order valence-corrected chi connectivity index (χ3v) is 6.05. The van der Waals surface area contributed by atoms with Gasteiger partial charge < -0.3 is 19.3 Å². The maximum Gasteiger partial charge on any atom is 0.334 e. The molecule has 2 saturated heterocycles. The summed E-state index contributed by atoms with van der Waals surface area (Å²) in [6.07, 6.45) is 4.53. The fourth-order valence-electron chi connectivity index (χ4n) is 4.30. The number of carbonyl (C=O) groups is 2. The first-order valence-electron chi connectivity index (χ1n) is 9.87. The number of aliphatic hydroxyl groups is 1. The van der Waals surface area contributed by atoms with Gasteiger partial charge in [0.05, 0.1) is 12.0 Å². The summed E-state index contributed by atoms with van der Waals surface area (Å²) in [7, 11) is 0. The van der Waals surface area contributed by atoms with Crippen molar-refractivity contribution in [2.24, 2.45) is 5.92 Å². The lowest BCUT2D eigenvalue weighted by atomic mass is 9.82. The van der Waals surface area contributed by atoms with Gasteiger partial charge in [-0.15, -0.1) is 0 Å². The number of ether oxygens (including phenoxy) is 3. The molecule has 2 fully saturated rings. The zero-order chi connectivity index (χ0) is 20.6. The summed E-state index contributed by atoms with van der Waals surface area (Å²) in [5.41, 5.74) is 1.78. The third-order valence-electron chi connectivity index (χ3n) is 6.05. The van der Waals surface area contributed by atoms with Gasteiger partial charge in [-0.25, -0.2) is 4.79 Å². The Morgan fingerprint density at radius 3 is 2.71 bits per heavy atom. The number of esters is 2. The number of rotatable bonds is 1. The maximum atomic E-state index is 12.2. The highest BCUT2D eigenvalue weighted by Crippen LogP contribution is 2.50. The predicted octanol–water partition coefficient (Wildman–Crippen LogP) is 3.00. The van der Waals surface area contributed by atoms with E-state index >= 15 is 0 Å². The zero-order valence-electron chi connectivity index (χ0n) is 17.1. The quantitative estimate of drug-likeness (QED) is 0.321. The fraction of sp³-hybridized carbons (Fsp3) is 0.636. The van der Waals surface area contributed by atoms with Gasteiger partial charge in [0.1, 0.15) is 23.9 Å². The average molecular weight is 390 g/mol. The summed E-state index contributed by atoms with van der Waals surface area (Å²) in [4.78, 5) is 23.8. The molecule has 3 rings (SSSR count). The van der Waals surface area contributed by atoms with Crippen LogP contribution < -0.4 is 0 Å². The molecule has 1 aliphatic carbocycles. The summed E-state index contributed by atoms with van der Waals surface area (Å²) in [6, 6.07) is 0. The molecule has 2 aliphatic heterocycles. The summed E-state index contributed by atoms with van der Waals surface area (Å²) >= 11 is 0. The first kappa shape index (κ1) is 20.8. The van der Waals surface area contributed by atoms with E-state index in [1.807, 2.05) is 13.8 Å². The molecule has 0 unspecified atom stereocenters. The average Bonchev–Trinajstić information content (AvgIpc) is 3.20. The van der Waals surface area contributed by atoms with Crippen LogP contribution in [0.4, 0.5) is 0 Å². The van der Waals surface area contributed by atoms with E-state index in [0.29, 0.717) is 12.8 Å². The second-order valence-corrected chi connectivity index (χ2v) is 8.39. The Morgan fingerprint density at radius 2 is 2.04 bits per heavy atom. The van der Waals surface area contributed by atoms with Gasteiger partial charge in [-0.05, 0) is 40.0 Å². The molecule has 6 nitrogen and oxygen atoms in total. The molecule has 2 heterocycles. The van der Waals surface area contributed by atoms with Gasteiger partial charge in [-0.2, -0.15) is 0 Å². The van der Waals surface area contributed by atoms with Crippen LogP contribution in [0.2, 0.25) is 0 Å². The first-order chi connectivity index (χ1) is 13.1. The second-order valence-electron chi connectivity index (χ2n) is 8.39. The van der Waals surface area contributed by atoms with Gasteiger partial charge in [0.25, 0.3) is 0 Å². The third kappa shape index (κ3) is 4.08. The second kappa shape index (κ2) is 7.84. The van der Waals surface area contributed by atoms with Gasteiger partial charge in [0.15, 0.2) is 0 Å². The number of epoxide rings is 1. The van der Waals surface area contributed by atoms with Crippen molar-refractivity contribution < 1.29 is 28.9 Å². The van der Waals surface area contributed by atoms with Crippen molar-refractivity contribution >= 4 is 11.9 Å². The Morgan fingerprint density at radius 1 is 1.32 bits per heavy atom. The van der Waals surface area contributed by atoms with E-state index < -0.39 is 41.9 Å². The lowest BCUT2D eigenvalue weighted by Crippen LogP contribution is -2.40. The molecule has 1 N–H and O–H groups in total. The lowest BCUT2D eigenvalue weighted by Gasteiger charge is -2.25. The van der Waals surface area contributed by atoms with Crippen LogP contribution >= 0.6 is 0 Å². The van der Waals surface area contributed by atoms with Crippen LogP contribution in [0, 0.1) is 5.92 Å². The Bertz CT molecular complexity index is 735. The highest BCUT2D eigenvalue weighted by Gasteiger charge is 2.67. The van der Waals surface area contributed by atoms with Crippen LogP contribution in [0.5, 0.6) is 0 Å². The first-order valence-corrected chi connectivity index (χ1v) is 9.87. The Balaban J connectivity index is 1.94. The van der Waals surface area contributed by atoms with E-state index in [1.54, 1.807) is 0 Å². The smallest absolute Gasteiger partial charge is 0.334 e. The Kier molecular flexibility index (Phi) is 5.82. The minimum Gasteiger partial charge on any atom is -0.459 e. The van der Waals surface area contributed by atoms with Gasteiger partial charge in [0, 0.05) is 18.9 Å². The SMILES string of the molecule is C=C1C(=O)O[C@H]2[C@H]1[C@H](O)C/C(C)=C/CC/C(C)=C\C[C@@H](OC(C)=O)[C@]1(C)O[C@@H]21. The number of fused-ring (bicyclic) bond motifs is 3. The van der Waals surface area contributed by atoms with Crippen molar-refractivity contribution in [2.45, 2.75) is 83.4 Å². The van der Waals surface area contributed by atoms with Crippen molar-refractivity contribution in [2.75, 3.05) is 0 Å². The van der Waals surface area contributed by atoms with Crippen molar-refractivity contribution in [3.05, 3.63) is 35.5 Å². The molecule has 0 aromatic heterocycles. The van der Waals surface area contributed by atoms with Gasteiger partial charge >= 0.3 is 11.9 Å². The van der Waals surface area contributed by atoms with Crippen LogP contribution in [-0.4, -0.2) is 47.1 Å². The van der Waals surface area contributed by atoms with Crippen LogP contribution in [0.3, 0.4) is 0 Å². The standard InChI is InChI=1S/C22H30O6/c1-12-7-6-8-13(2)11-16(24)18-14(3)21(25)27-19(18)20-22(5,28-20)17(10-9-12)26-15(4)23/h8-9,16-20,24H,3,6-7,10-11H2,1-2,4-5H3/b12-9-,13-8+/t16-,17-,18-,19+,20+,22+/m1/s1. The highest BCUT2D eigenvalue weighted by molar-refractivity contribution is 5.91. The van der Waals surface area contributed by atoms with E-state index in [4.69, 9.17) is 14.2 Å². The van der Waals surface area contributed by atoms with Gasteiger partial charge in [0.2, 0.25) is 0 Å². The number of allylic oxidation sites excluding steroid dienone is 2. The molecule has 0 radical (unpaired) electrons. The Hall–Kier alpha value is -1.92. The van der Waals surface area contributed by atoms with Gasteiger partial charge in [-0.1, -0.05) is 29.9 Å². The molecule has 0 spiro atoms. The molecule has 28 heavy (non-hydrogen) atoms. The molecule has 0 aromatic carbocycles. The summed E-state index contributed by atoms with van der Waals surface area (Å²) in [5.74, 6) is -1.42. The Labute approximate surface area is 166 Å². The van der Waals surface area contributed by atoms with Gasteiger partial charge in [-0.3, -0.25) is 4.79 Å². The van der Waals surface area contributed by atoms with Crippen molar-refractivity contribution in [1.29, 1.82) is 0 Å². The predicted molar refractivity (Wildman–Crippen MR) is 103 cm³/mol. The largest absolute Gasteiger partial charge is 0.459 e. The lowest BCUT2D eigenvalue weighted by molar-refractivity contribution is -0.149. The van der Waals surface area contributed by atoms with E-state index in [0.717, 1.165) is 18.4 Å². The minimum atomic E-state index is -0.791. The monoisotopic (exact) mass is 390 g/mol. The molecule has 0 amide bonds. The number of hydrogen-bond acceptors (Lipinski definition) is 6. The molecule has 0 bridgehead atoms. The van der Waals surface area contributed by atoms with Crippen molar-refractivity contribution in [3.8, 4) is 0 Å². The van der Waals surface area contributed by atoms with E-state index in [-0.39, 0.29) is 11.5 Å². The van der Waals surface area contributed by atoms with Crippen LogP contribution in [0.15, 0.2) is 35.5 Å². The molecule has 0 saturated carbocycles. The van der Waals surface area contributed by atoms with Crippen LogP contribution in [0.25, 0.3) is 0 Å². The van der Waals surface area contributed by atoms with E-state index in [9.17, 15) is 14.7 Å². The highest BCUT2D eigenvalue weighted by atomic mass is 16.7. The zero-order valence-corrected chi connectivity index (χ0v) is 17.1. The van der Waals surface area contributed by atoms with E-state index in [2.05, 4.69) is 25.7 Å². The number of carbonyl (C=O) groups excluding carboxylic acids is 2. The molecule has 0 aromatic rings. The summed E-state index contributed by atoms with van der Waals surface area (Å²) < 4.78 is 17.1. The topological polar surface area (TPSA) is 85.4 Å². The van der Waals surface area contributed by atoms with Crippen LogP contribution in [0.1, 0.15) is 53.4 Å². The molecule has 6 heteroatoms. The maximum absolute atomic E-state index is 12.2. The molecule has 154 valence electrons. The van der Waals surface area contributed by atoms with Crippen molar-refractivity contribution in [1.82, 2.24) is 0 Å². The normalized spacial score (nSPS) is 42.7. The molecular formula is C22H30O6. The molecule has 3 aliphatic rings. The minimum absolute atomic E-state index is 0.273. The fourth-order valence-corrected chi connectivity index (χ4v) is 4.30. The van der Waals surface area contributed by atoms with E-state index in [1.165, 1.54) is 12.5 Å². The number of hydrogen-bond donors (Lipinski definition) is 1. The molecular weight excluding hydrogens is 360 g/mol.